The number of aromatic nitrogens is 2. The van der Waals surface area contributed by atoms with Crippen LogP contribution >= 0.6 is 11.3 Å². The van der Waals surface area contributed by atoms with E-state index >= 15 is 0 Å². The van der Waals surface area contributed by atoms with Gasteiger partial charge in [-0.25, -0.2) is 18.7 Å². The molecule has 8 heteroatoms. The Morgan fingerprint density at radius 3 is 2.38 bits per heavy atom. The lowest BCUT2D eigenvalue weighted by molar-refractivity contribution is -0.0274. The van der Waals surface area contributed by atoms with Gasteiger partial charge in [0.2, 0.25) is 5.88 Å². The number of halogens is 2. The molecule has 0 radical (unpaired) electrons. The second kappa shape index (κ2) is 13.8. The van der Waals surface area contributed by atoms with Crippen molar-refractivity contribution in [3.05, 3.63) is 29.4 Å². The molecule has 3 aliphatic rings. The van der Waals surface area contributed by atoms with Crippen molar-refractivity contribution in [2.75, 3.05) is 20.1 Å². The lowest BCUT2D eigenvalue weighted by Gasteiger charge is -2.22. The highest BCUT2D eigenvalue weighted by atomic mass is 32.1. The molecular formula is C24H38F2N4OS. The Kier molecular flexibility index (Phi) is 11.5. The van der Waals surface area contributed by atoms with E-state index in [1.165, 1.54) is 74.2 Å². The number of ether oxygens (including phenoxy) is 1. The summed E-state index contributed by atoms with van der Waals surface area (Å²) in [6.45, 7) is 6.18. The summed E-state index contributed by atoms with van der Waals surface area (Å²) in [7, 11) is 1.50. The van der Waals surface area contributed by atoms with Crippen LogP contribution in [0.15, 0.2) is 19.0 Å². The highest BCUT2D eigenvalue weighted by Crippen LogP contribution is 2.40. The Labute approximate surface area is 194 Å². The summed E-state index contributed by atoms with van der Waals surface area (Å²) >= 11 is 1.83. The average molecular weight is 469 g/mol. The number of nitrogens with zero attached hydrogens (tertiary/aromatic N) is 2. The van der Waals surface area contributed by atoms with Crippen molar-refractivity contribution in [1.82, 2.24) is 15.3 Å². The third-order valence-electron chi connectivity index (χ3n) is 5.63. The predicted octanol–water partition coefficient (Wildman–Crippen LogP) is 5.66. The minimum absolute atomic E-state index is 0.00694. The fraction of sp³-hybridized carbons (Fsp3) is 0.667. The third kappa shape index (κ3) is 7.74. The standard InChI is InChI=1S/C15H18N2OS.C5H9F2N.C3H6.CH5N/c1-2-5-10(6-3-1)18-14-13-11-7-4-8-12(11)19-15(13)17-9-16-14;6-5(7)1-3-8-4-2-5;1-3-2;1-2/h9-10H,1-8H2;8H,1-4H2;3H,1H2,2H3;2H2,1H3. The van der Waals surface area contributed by atoms with E-state index in [1.54, 1.807) is 12.4 Å². The number of hydrogen-bond donors (Lipinski definition) is 2. The number of allylic oxidation sites excluding steroid dienone is 1. The van der Waals surface area contributed by atoms with Crippen LogP contribution in [-0.4, -0.2) is 42.1 Å². The van der Waals surface area contributed by atoms with E-state index in [0.29, 0.717) is 19.2 Å². The first-order chi connectivity index (χ1) is 15.5. The molecule has 1 saturated carbocycles. The number of hydrogen-bond acceptors (Lipinski definition) is 6. The van der Waals surface area contributed by atoms with Gasteiger partial charge in [-0.2, -0.15) is 0 Å². The van der Waals surface area contributed by atoms with Crippen LogP contribution in [0.3, 0.4) is 0 Å². The van der Waals surface area contributed by atoms with E-state index in [1.807, 2.05) is 18.3 Å². The lowest BCUT2D eigenvalue weighted by Crippen LogP contribution is -2.35. The van der Waals surface area contributed by atoms with Crippen LogP contribution in [0.25, 0.3) is 10.2 Å². The second-order valence-electron chi connectivity index (χ2n) is 8.11. The number of rotatable bonds is 2. The molecule has 1 saturated heterocycles. The topological polar surface area (TPSA) is 73.1 Å². The summed E-state index contributed by atoms with van der Waals surface area (Å²) in [5, 5.41) is 4.07. The first-order valence-electron chi connectivity index (χ1n) is 11.7. The fourth-order valence-electron chi connectivity index (χ4n) is 4.12. The number of aryl methyl sites for hydroxylation is 2. The lowest BCUT2D eigenvalue weighted by atomic mass is 9.98. The van der Waals surface area contributed by atoms with Crippen molar-refractivity contribution in [3.63, 3.8) is 0 Å². The molecule has 3 heterocycles. The highest BCUT2D eigenvalue weighted by molar-refractivity contribution is 7.18. The van der Waals surface area contributed by atoms with Crippen LogP contribution in [0.2, 0.25) is 0 Å². The summed E-state index contributed by atoms with van der Waals surface area (Å²) in [4.78, 5) is 11.5. The smallest absolute Gasteiger partial charge is 0.250 e. The number of fused-ring (bicyclic) bond motifs is 3. The largest absolute Gasteiger partial charge is 0.474 e. The first-order valence-corrected chi connectivity index (χ1v) is 12.5. The third-order valence-corrected chi connectivity index (χ3v) is 6.83. The summed E-state index contributed by atoms with van der Waals surface area (Å²) in [6, 6.07) is 0. The molecule has 32 heavy (non-hydrogen) atoms. The number of nitrogens with one attached hydrogen (secondary N) is 1. The number of alkyl halides is 2. The van der Waals surface area contributed by atoms with Gasteiger partial charge in [0.25, 0.3) is 5.92 Å². The summed E-state index contributed by atoms with van der Waals surface area (Å²) < 4.78 is 30.5. The molecule has 0 spiro atoms. The van der Waals surface area contributed by atoms with Crippen molar-refractivity contribution in [2.45, 2.75) is 83.2 Å². The van der Waals surface area contributed by atoms with Crippen LogP contribution in [0, 0.1) is 0 Å². The maximum Gasteiger partial charge on any atom is 0.250 e. The second-order valence-corrected chi connectivity index (χ2v) is 9.19. The van der Waals surface area contributed by atoms with Gasteiger partial charge in [0.15, 0.2) is 0 Å². The quantitative estimate of drug-likeness (QED) is 0.556. The Balaban J connectivity index is 0.000000234. The Bertz CT molecular complexity index is 814. The molecule has 2 aromatic heterocycles. The van der Waals surface area contributed by atoms with Crippen molar-refractivity contribution < 1.29 is 13.5 Å². The van der Waals surface area contributed by atoms with Gasteiger partial charge in [0.05, 0.1) is 5.39 Å². The van der Waals surface area contributed by atoms with Crippen LogP contribution in [-0.2, 0) is 12.8 Å². The van der Waals surface area contributed by atoms with Gasteiger partial charge in [0.1, 0.15) is 17.3 Å². The molecule has 0 unspecified atom stereocenters. The molecule has 0 aromatic carbocycles. The van der Waals surface area contributed by atoms with E-state index < -0.39 is 5.92 Å². The van der Waals surface area contributed by atoms with Gasteiger partial charge in [-0.1, -0.05) is 12.5 Å². The van der Waals surface area contributed by atoms with Crippen LogP contribution in [0.5, 0.6) is 5.88 Å². The monoisotopic (exact) mass is 468 g/mol. The number of piperidine rings is 1. The van der Waals surface area contributed by atoms with E-state index in [0.717, 1.165) is 10.7 Å². The van der Waals surface area contributed by atoms with Crippen molar-refractivity contribution in [3.8, 4) is 5.88 Å². The molecule has 2 aliphatic carbocycles. The normalized spacial score (nSPS) is 19.3. The summed E-state index contributed by atoms with van der Waals surface area (Å²) in [6.07, 6.45) is 13.7. The molecule has 5 nitrogen and oxygen atoms in total. The Morgan fingerprint density at radius 2 is 1.78 bits per heavy atom. The van der Waals surface area contributed by atoms with Gasteiger partial charge >= 0.3 is 0 Å². The van der Waals surface area contributed by atoms with E-state index in [4.69, 9.17) is 4.74 Å². The molecule has 0 atom stereocenters. The SMILES string of the molecule is C=CC.CN.FC1(F)CCNCC1.c1nc(OC2CCCCC2)c2c3c(sc2n1)CCC3. The molecule has 2 fully saturated rings. The highest BCUT2D eigenvalue weighted by Gasteiger charge is 2.30. The zero-order valence-corrected chi connectivity index (χ0v) is 20.3. The number of nitrogens with two attached hydrogens (primary N) is 1. The van der Waals surface area contributed by atoms with Crippen LogP contribution < -0.4 is 15.8 Å². The van der Waals surface area contributed by atoms with Gasteiger partial charge in [-0.15, -0.1) is 17.9 Å². The minimum Gasteiger partial charge on any atom is -0.474 e. The number of thiophene rings is 1. The van der Waals surface area contributed by atoms with Gasteiger partial charge in [0, 0.05) is 30.8 Å². The van der Waals surface area contributed by atoms with Crippen LogP contribution in [0.1, 0.15) is 68.7 Å². The summed E-state index contributed by atoms with van der Waals surface area (Å²) in [5.41, 5.74) is 5.96. The maximum atomic E-state index is 12.2. The fourth-order valence-corrected chi connectivity index (χ4v) is 5.34. The molecular weight excluding hydrogens is 430 g/mol. The predicted molar refractivity (Wildman–Crippen MR) is 130 cm³/mol. The minimum atomic E-state index is -2.38. The Hall–Kier alpha value is -1.64. The first kappa shape index (κ1) is 26.6. The van der Waals surface area contributed by atoms with E-state index in [2.05, 4.69) is 27.6 Å². The average Bonchev–Trinajstić information content (AvgIpc) is 3.38. The molecule has 0 bridgehead atoms. The molecule has 1 aliphatic heterocycles. The van der Waals surface area contributed by atoms with Gasteiger partial charge in [-0.05, 0) is 64.5 Å². The maximum absolute atomic E-state index is 12.2. The van der Waals surface area contributed by atoms with E-state index in [-0.39, 0.29) is 12.8 Å². The molecule has 0 amide bonds. The summed E-state index contributed by atoms with van der Waals surface area (Å²) in [5.74, 6) is -1.54. The Morgan fingerprint density at radius 1 is 1.12 bits per heavy atom. The zero-order valence-electron chi connectivity index (χ0n) is 19.5. The van der Waals surface area contributed by atoms with Crippen molar-refractivity contribution in [2.24, 2.45) is 5.73 Å². The van der Waals surface area contributed by atoms with Crippen molar-refractivity contribution in [1.29, 1.82) is 0 Å². The van der Waals surface area contributed by atoms with Gasteiger partial charge in [-0.3, -0.25) is 0 Å². The van der Waals surface area contributed by atoms with E-state index in [9.17, 15) is 8.78 Å². The molecule has 3 N–H and O–H groups in total. The molecule has 180 valence electrons. The van der Waals surface area contributed by atoms with Crippen LogP contribution in [0.4, 0.5) is 8.78 Å². The van der Waals surface area contributed by atoms with Gasteiger partial charge < -0.3 is 15.8 Å². The molecule has 5 rings (SSSR count). The van der Waals surface area contributed by atoms with Crippen molar-refractivity contribution >= 4 is 21.6 Å². The zero-order chi connectivity index (χ0) is 23.4. The molecule has 2 aromatic rings.